The highest BCUT2D eigenvalue weighted by molar-refractivity contribution is 7.47. The fourth-order valence-electron chi connectivity index (χ4n) is 7.46. The molecule has 0 aromatic heterocycles. The van der Waals surface area contributed by atoms with E-state index in [1.54, 1.807) is 0 Å². The van der Waals surface area contributed by atoms with Crippen LogP contribution in [0.5, 0.6) is 0 Å². The molecule has 12 heteroatoms. The van der Waals surface area contributed by atoms with E-state index in [0.29, 0.717) is 12.8 Å². The molecule has 1 amide bonds. The zero-order valence-corrected chi connectivity index (χ0v) is 43.3. The molecule has 0 radical (unpaired) electrons. The lowest BCUT2D eigenvalue weighted by Gasteiger charge is -2.18. The van der Waals surface area contributed by atoms with E-state index in [2.05, 4.69) is 79.9 Å². The van der Waals surface area contributed by atoms with Gasteiger partial charge in [0.2, 0.25) is 5.91 Å². The molecule has 388 valence electrons. The van der Waals surface area contributed by atoms with E-state index in [1.165, 1.54) is 128 Å². The van der Waals surface area contributed by atoms with Crippen molar-refractivity contribution in [3.05, 3.63) is 60.8 Å². The number of phosphoric ester groups is 1. The van der Waals surface area contributed by atoms with Gasteiger partial charge in [-0.1, -0.05) is 229 Å². The van der Waals surface area contributed by atoms with Crippen LogP contribution in [0.15, 0.2) is 60.8 Å². The third-order valence-corrected chi connectivity index (χ3v) is 12.5. The van der Waals surface area contributed by atoms with Crippen LogP contribution in [0.3, 0.4) is 0 Å². The number of aliphatic hydroxyl groups is 1. The molecule has 0 aromatic carbocycles. The summed E-state index contributed by atoms with van der Waals surface area (Å²) < 4.78 is 26.9. The number of aliphatic carboxylic acids is 1. The molecule has 4 N–H and O–H groups in total. The number of esters is 1. The number of unbranched alkanes of at least 4 members (excludes halogenated alkanes) is 26. The quantitative estimate of drug-likeness (QED) is 0.0199. The highest BCUT2D eigenvalue weighted by atomic mass is 31.2. The highest BCUT2D eigenvalue weighted by Gasteiger charge is 2.28. The van der Waals surface area contributed by atoms with Gasteiger partial charge in [0.25, 0.3) is 0 Å². The fourth-order valence-corrected chi connectivity index (χ4v) is 8.23. The van der Waals surface area contributed by atoms with Crippen molar-refractivity contribution in [2.75, 3.05) is 19.8 Å². The Morgan fingerprint density at radius 2 is 0.866 bits per heavy atom. The minimum absolute atomic E-state index is 0.145. The standard InChI is InChI=1S/C55H98NO10P/c1-3-5-7-9-11-13-15-17-19-21-23-24-25-26-27-29-30-32-34-36-38-40-42-44-46-53(58)56-52(55(60)61)50-66-67(62,63)65-49-51(57)48-64-54(59)47-45-43-41-39-37-35-33-31-28-22-20-18-16-14-12-10-8-6-4-2/h6,8,12,14,18,20,28,31,35,37,51-52,57H,3-5,7,9-11,13,15-17,19,21-27,29-30,32-34,36,38-50H2,1-2H3,(H,56,58)(H,60,61)(H,62,63)/b8-6-,14-12-,20-18-,31-28-,37-35-. The van der Waals surface area contributed by atoms with E-state index < -0.39 is 57.6 Å². The van der Waals surface area contributed by atoms with Crippen LogP contribution in [0, 0.1) is 0 Å². The topological polar surface area (TPSA) is 169 Å². The summed E-state index contributed by atoms with van der Waals surface area (Å²) in [5.41, 5.74) is 0. The lowest BCUT2D eigenvalue weighted by Crippen LogP contribution is -2.43. The number of nitrogens with one attached hydrogen (secondary N) is 1. The van der Waals surface area contributed by atoms with Crippen LogP contribution in [0.1, 0.15) is 239 Å². The van der Waals surface area contributed by atoms with Crippen molar-refractivity contribution in [2.45, 2.75) is 251 Å². The summed E-state index contributed by atoms with van der Waals surface area (Å²) >= 11 is 0. The molecule has 0 bridgehead atoms. The smallest absolute Gasteiger partial charge is 0.472 e. The molecular formula is C55H98NO10P. The molecule has 11 nitrogen and oxygen atoms in total. The molecular weight excluding hydrogens is 866 g/mol. The number of carbonyl (C=O) groups is 3. The normalized spacial score (nSPS) is 14.0. The van der Waals surface area contributed by atoms with Gasteiger partial charge in [0.05, 0.1) is 13.2 Å². The SMILES string of the molecule is CC/C=C\C/C=C\C/C=C\C/C=C\C/C=C\CCCCCC(=O)OCC(O)COP(=O)(O)OCC(NC(=O)CCCCCCCCCCCCCCCCCCCCCCCCCC)C(=O)O. The van der Waals surface area contributed by atoms with Gasteiger partial charge in [0, 0.05) is 12.8 Å². The van der Waals surface area contributed by atoms with Crippen molar-refractivity contribution >= 4 is 25.7 Å². The number of carboxylic acid groups (broad SMARTS) is 1. The van der Waals surface area contributed by atoms with E-state index in [1.807, 2.05) is 0 Å². The predicted molar refractivity (Wildman–Crippen MR) is 277 cm³/mol. The molecule has 0 spiro atoms. The Labute approximate surface area is 408 Å². The van der Waals surface area contributed by atoms with Crippen LogP contribution in [-0.4, -0.2) is 64.9 Å². The van der Waals surface area contributed by atoms with E-state index in [9.17, 15) is 34.1 Å². The van der Waals surface area contributed by atoms with E-state index in [-0.39, 0.29) is 12.8 Å². The zero-order chi connectivity index (χ0) is 49.2. The van der Waals surface area contributed by atoms with Gasteiger partial charge < -0.3 is 25.2 Å². The van der Waals surface area contributed by atoms with Crippen molar-refractivity contribution in [1.29, 1.82) is 0 Å². The first-order valence-electron chi connectivity index (χ1n) is 26.8. The summed E-state index contributed by atoms with van der Waals surface area (Å²) in [6, 6.07) is -1.55. The monoisotopic (exact) mass is 964 g/mol. The summed E-state index contributed by atoms with van der Waals surface area (Å²) in [5.74, 6) is -2.40. The Balaban J connectivity index is 3.83. The molecule has 0 saturated heterocycles. The number of allylic oxidation sites excluding steroid dienone is 10. The van der Waals surface area contributed by atoms with Crippen LogP contribution in [0.2, 0.25) is 0 Å². The van der Waals surface area contributed by atoms with Crippen LogP contribution in [0.25, 0.3) is 0 Å². The maximum Gasteiger partial charge on any atom is 0.472 e. The minimum Gasteiger partial charge on any atom is -0.480 e. The molecule has 3 atom stereocenters. The minimum atomic E-state index is -4.77. The first kappa shape index (κ1) is 64.2. The molecule has 0 fully saturated rings. The van der Waals surface area contributed by atoms with Crippen molar-refractivity contribution in [1.82, 2.24) is 5.32 Å². The highest BCUT2D eigenvalue weighted by Crippen LogP contribution is 2.43. The molecule has 0 saturated carbocycles. The molecule has 0 aliphatic carbocycles. The Bertz CT molecular complexity index is 1360. The zero-order valence-electron chi connectivity index (χ0n) is 42.4. The Morgan fingerprint density at radius 3 is 1.30 bits per heavy atom. The van der Waals surface area contributed by atoms with Crippen LogP contribution in [-0.2, 0) is 32.7 Å². The predicted octanol–water partition coefficient (Wildman–Crippen LogP) is 15.1. The van der Waals surface area contributed by atoms with Crippen molar-refractivity contribution < 1.29 is 47.8 Å². The molecule has 0 aromatic rings. The van der Waals surface area contributed by atoms with Gasteiger partial charge in [0.15, 0.2) is 6.04 Å². The van der Waals surface area contributed by atoms with Crippen molar-refractivity contribution in [2.24, 2.45) is 0 Å². The third kappa shape index (κ3) is 49.4. The van der Waals surface area contributed by atoms with Gasteiger partial charge in [-0.05, 0) is 57.8 Å². The summed E-state index contributed by atoms with van der Waals surface area (Å²) in [6.07, 6.45) is 59.7. The van der Waals surface area contributed by atoms with Crippen LogP contribution < -0.4 is 5.32 Å². The largest absolute Gasteiger partial charge is 0.480 e. The molecule has 0 rings (SSSR count). The number of amides is 1. The van der Waals surface area contributed by atoms with Crippen LogP contribution in [0.4, 0.5) is 0 Å². The average Bonchev–Trinajstić information content (AvgIpc) is 3.31. The Morgan fingerprint density at radius 1 is 0.493 bits per heavy atom. The van der Waals surface area contributed by atoms with Crippen LogP contribution >= 0.6 is 7.82 Å². The van der Waals surface area contributed by atoms with Gasteiger partial charge >= 0.3 is 19.8 Å². The van der Waals surface area contributed by atoms with Gasteiger partial charge in [-0.15, -0.1) is 0 Å². The van der Waals surface area contributed by atoms with Gasteiger partial charge in [-0.25, -0.2) is 9.36 Å². The number of hydrogen-bond acceptors (Lipinski definition) is 8. The number of phosphoric acid groups is 1. The molecule has 67 heavy (non-hydrogen) atoms. The second-order valence-corrected chi connectivity index (χ2v) is 19.5. The first-order valence-corrected chi connectivity index (χ1v) is 28.3. The lowest BCUT2D eigenvalue weighted by molar-refractivity contribution is -0.147. The molecule has 0 aliphatic rings. The summed E-state index contributed by atoms with van der Waals surface area (Å²) in [5, 5.41) is 21.9. The lowest BCUT2D eigenvalue weighted by atomic mass is 10.0. The summed E-state index contributed by atoms with van der Waals surface area (Å²) in [4.78, 5) is 46.2. The second kappa shape index (κ2) is 49.6. The van der Waals surface area contributed by atoms with Crippen molar-refractivity contribution in [3.63, 3.8) is 0 Å². The maximum atomic E-state index is 12.4. The summed E-state index contributed by atoms with van der Waals surface area (Å²) in [7, 11) is -4.77. The molecule has 0 aliphatic heterocycles. The van der Waals surface area contributed by atoms with Gasteiger partial charge in [-0.3, -0.25) is 18.6 Å². The summed E-state index contributed by atoms with van der Waals surface area (Å²) in [6.45, 7) is 2.48. The number of hydrogen-bond donors (Lipinski definition) is 4. The first-order chi connectivity index (χ1) is 32.6. The third-order valence-electron chi connectivity index (χ3n) is 11.6. The second-order valence-electron chi connectivity index (χ2n) is 18.0. The van der Waals surface area contributed by atoms with Gasteiger partial charge in [0.1, 0.15) is 12.7 Å². The van der Waals surface area contributed by atoms with Gasteiger partial charge in [-0.2, -0.15) is 0 Å². The number of rotatable bonds is 50. The number of ether oxygens (including phenoxy) is 1. The van der Waals surface area contributed by atoms with E-state index in [0.717, 1.165) is 70.6 Å². The van der Waals surface area contributed by atoms with E-state index >= 15 is 0 Å². The fraction of sp³-hybridized carbons (Fsp3) is 0.764. The average molecular weight is 964 g/mol. The maximum absolute atomic E-state index is 12.4. The number of aliphatic hydroxyl groups excluding tert-OH is 1. The molecule has 3 unspecified atom stereocenters. The number of carbonyl (C=O) groups excluding carboxylic acids is 2. The Hall–Kier alpha value is -2.82. The van der Waals surface area contributed by atoms with E-state index in [4.69, 9.17) is 13.8 Å². The number of carboxylic acids is 1. The molecule has 0 heterocycles. The van der Waals surface area contributed by atoms with Crippen molar-refractivity contribution in [3.8, 4) is 0 Å². The Kier molecular flexibility index (Phi) is 47.5.